The van der Waals surface area contributed by atoms with Gasteiger partial charge in [-0.1, -0.05) is 61.2 Å². The zero-order chi connectivity index (χ0) is 24.9. The third kappa shape index (κ3) is 5.18. The molecule has 0 bridgehead atoms. The molecule has 2 N–H and O–H groups in total. The van der Waals surface area contributed by atoms with Gasteiger partial charge in [0, 0.05) is 46.8 Å². The van der Waals surface area contributed by atoms with Gasteiger partial charge >= 0.3 is 0 Å². The third-order valence-corrected chi connectivity index (χ3v) is 7.06. The summed E-state index contributed by atoms with van der Waals surface area (Å²) in [5, 5.41) is 4.27. The first-order valence-electron chi connectivity index (χ1n) is 12.7. The summed E-state index contributed by atoms with van der Waals surface area (Å²) in [6.45, 7) is 2.01. The Morgan fingerprint density at radius 2 is 1.81 bits per heavy atom. The summed E-state index contributed by atoms with van der Waals surface area (Å²) in [4.78, 5) is 37.1. The Morgan fingerprint density at radius 1 is 1.03 bits per heavy atom. The molecule has 6 heteroatoms. The normalized spacial score (nSPS) is 14.9. The average molecular weight is 481 g/mol. The largest absolute Gasteiger partial charge is 0.361 e. The number of anilines is 1. The van der Waals surface area contributed by atoms with Crippen LogP contribution in [0.25, 0.3) is 10.9 Å². The monoisotopic (exact) mass is 480 g/mol. The number of benzene rings is 2. The Hall–Kier alpha value is -3.93. The molecule has 6 nitrogen and oxygen atoms in total. The highest BCUT2D eigenvalue weighted by atomic mass is 16.2. The lowest BCUT2D eigenvalue weighted by atomic mass is 9.94. The van der Waals surface area contributed by atoms with Crippen LogP contribution in [0.1, 0.15) is 54.8 Å². The van der Waals surface area contributed by atoms with Crippen LogP contribution < -0.4 is 10.2 Å². The second kappa shape index (κ2) is 10.8. The molecule has 4 aromatic rings. The first kappa shape index (κ1) is 23.8. The van der Waals surface area contributed by atoms with E-state index in [9.17, 15) is 9.59 Å². The lowest BCUT2D eigenvalue weighted by molar-refractivity contribution is -0.127. The number of hydrogen-bond acceptors (Lipinski definition) is 3. The fourth-order valence-electron chi connectivity index (χ4n) is 5.15. The van der Waals surface area contributed by atoms with E-state index < -0.39 is 6.04 Å². The molecule has 2 heterocycles. The van der Waals surface area contributed by atoms with Gasteiger partial charge in [0.25, 0.3) is 0 Å². The number of fused-ring (bicyclic) bond motifs is 1. The molecule has 184 valence electrons. The number of aryl methyl sites for hydroxylation is 1. The van der Waals surface area contributed by atoms with Crippen molar-refractivity contribution in [1.29, 1.82) is 0 Å². The van der Waals surface area contributed by atoms with E-state index >= 15 is 0 Å². The Morgan fingerprint density at radius 3 is 2.56 bits per heavy atom. The van der Waals surface area contributed by atoms with E-state index in [0.717, 1.165) is 47.7 Å². The Labute approximate surface area is 211 Å². The second-order valence-corrected chi connectivity index (χ2v) is 9.67. The van der Waals surface area contributed by atoms with Crippen LogP contribution in [0.4, 0.5) is 5.69 Å². The summed E-state index contributed by atoms with van der Waals surface area (Å²) < 4.78 is 0. The van der Waals surface area contributed by atoms with Crippen molar-refractivity contribution in [2.75, 3.05) is 4.90 Å². The van der Waals surface area contributed by atoms with Gasteiger partial charge in [0.05, 0.1) is 6.42 Å². The molecule has 2 aromatic heterocycles. The average Bonchev–Trinajstić information content (AvgIpc) is 3.31. The maximum Gasteiger partial charge on any atom is 0.248 e. The topological polar surface area (TPSA) is 78.1 Å². The number of rotatable bonds is 7. The highest BCUT2D eigenvalue weighted by molar-refractivity contribution is 6.03. The Balaban J connectivity index is 1.54. The smallest absolute Gasteiger partial charge is 0.248 e. The molecule has 1 atom stereocenters. The van der Waals surface area contributed by atoms with E-state index in [1.165, 1.54) is 6.42 Å². The van der Waals surface area contributed by atoms with Crippen LogP contribution in [0.5, 0.6) is 0 Å². The predicted octanol–water partition coefficient (Wildman–Crippen LogP) is 5.64. The molecule has 36 heavy (non-hydrogen) atoms. The summed E-state index contributed by atoms with van der Waals surface area (Å²) in [5.41, 5.74) is 4.37. The molecule has 5 rings (SSSR count). The van der Waals surface area contributed by atoms with Crippen LogP contribution in [0.3, 0.4) is 0 Å². The SMILES string of the molecule is Cc1ccc(N(C(=O)Cc2c[nH]c3ccccc23)C(C(=O)NC2CCCCC2)c2cccnc2)cc1. The third-order valence-electron chi connectivity index (χ3n) is 7.06. The molecule has 1 unspecified atom stereocenters. The van der Waals surface area contributed by atoms with Crippen molar-refractivity contribution in [3.05, 3.63) is 95.9 Å². The van der Waals surface area contributed by atoms with E-state index in [-0.39, 0.29) is 24.3 Å². The summed E-state index contributed by atoms with van der Waals surface area (Å²) in [6.07, 6.45) is 10.8. The fraction of sp³-hybridized carbons (Fsp3) is 0.300. The number of aromatic amines is 1. The summed E-state index contributed by atoms with van der Waals surface area (Å²) in [7, 11) is 0. The van der Waals surface area contributed by atoms with Gasteiger partial charge < -0.3 is 10.3 Å². The van der Waals surface area contributed by atoms with Crippen LogP contribution in [0.15, 0.2) is 79.3 Å². The van der Waals surface area contributed by atoms with Crippen molar-refractivity contribution in [2.45, 2.75) is 57.5 Å². The minimum atomic E-state index is -0.818. The standard InChI is InChI=1S/C30H32N4O2/c1-21-13-15-25(16-14-21)34(28(35)18-23-20-32-27-12-6-5-11-26(23)27)29(22-8-7-17-31-19-22)30(36)33-24-9-3-2-4-10-24/h5-8,11-17,19-20,24,29,32H,2-4,9-10,18H2,1H3,(H,33,36). The zero-order valence-electron chi connectivity index (χ0n) is 20.6. The first-order valence-corrected chi connectivity index (χ1v) is 12.7. The summed E-state index contributed by atoms with van der Waals surface area (Å²) >= 11 is 0. The molecular weight excluding hydrogens is 448 g/mol. The van der Waals surface area contributed by atoms with Crippen molar-refractivity contribution in [1.82, 2.24) is 15.3 Å². The number of carbonyl (C=O) groups is 2. The molecular formula is C30H32N4O2. The Bertz CT molecular complexity index is 1320. The number of hydrogen-bond donors (Lipinski definition) is 2. The van der Waals surface area contributed by atoms with Gasteiger partial charge in [-0.15, -0.1) is 0 Å². The molecule has 0 aliphatic heterocycles. The Kier molecular flexibility index (Phi) is 7.12. The van der Waals surface area contributed by atoms with Crippen LogP contribution in [0.2, 0.25) is 0 Å². The molecule has 0 spiro atoms. The number of nitrogens with zero attached hydrogens (tertiary/aromatic N) is 2. The van der Waals surface area contributed by atoms with Gasteiger partial charge in [-0.25, -0.2) is 0 Å². The number of H-pyrrole nitrogens is 1. The molecule has 0 saturated heterocycles. The molecule has 1 fully saturated rings. The molecule has 1 aliphatic carbocycles. The van der Waals surface area contributed by atoms with E-state index in [1.807, 2.05) is 73.8 Å². The van der Waals surface area contributed by atoms with Gasteiger partial charge in [-0.2, -0.15) is 0 Å². The number of nitrogens with one attached hydrogen (secondary N) is 2. The van der Waals surface area contributed by atoms with Crippen molar-refractivity contribution in [2.24, 2.45) is 0 Å². The van der Waals surface area contributed by atoms with E-state index in [4.69, 9.17) is 0 Å². The number of pyridine rings is 1. The minimum absolute atomic E-state index is 0.133. The number of amides is 2. The van der Waals surface area contributed by atoms with Gasteiger partial charge in [0.1, 0.15) is 6.04 Å². The van der Waals surface area contributed by atoms with Crippen LogP contribution >= 0.6 is 0 Å². The van der Waals surface area contributed by atoms with Crippen molar-refractivity contribution in [3.8, 4) is 0 Å². The van der Waals surface area contributed by atoms with Crippen molar-refractivity contribution in [3.63, 3.8) is 0 Å². The van der Waals surface area contributed by atoms with Gasteiger partial charge in [0.15, 0.2) is 0 Å². The van der Waals surface area contributed by atoms with Crippen molar-refractivity contribution >= 4 is 28.4 Å². The van der Waals surface area contributed by atoms with E-state index in [1.54, 1.807) is 17.3 Å². The highest BCUT2D eigenvalue weighted by Crippen LogP contribution is 2.30. The molecule has 0 radical (unpaired) electrons. The quantitative estimate of drug-likeness (QED) is 0.359. The van der Waals surface area contributed by atoms with E-state index in [2.05, 4.69) is 15.3 Å². The molecule has 1 saturated carbocycles. The minimum Gasteiger partial charge on any atom is -0.361 e. The lowest BCUT2D eigenvalue weighted by Gasteiger charge is -2.33. The van der Waals surface area contributed by atoms with Gasteiger partial charge in [0.2, 0.25) is 11.8 Å². The van der Waals surface area contributed by atoms with Gasteiger partial charge in [-0.05, 0) is 49.6 Å². The van der Waals surface area contributed by atoms with Gasteiger partial charge in [-0.3, -0.25) is 19.5 Å². The highest BCUT2D eigenvalue weighted by Gasteiger charge is 2.34. The lowest BCUT2D eigenvalue weighted by Crippen LogP contribution is -2.47. The predicted molar refractivity (Wildman–Crippen MR) is 143 cm³/mol. The van der Waals surface area contributed by atoms with Crippen molar-refractivity contribution < 1.29 is 9.59 Å². The first-order chi connectivity index (χ1) is 17.6. The summed E-state index contributed by atoms with van der Waals surface area (Å²) in [6, 6.07) is 18.7. The van der Waals surface area contributed by atoms with Crippen LogP contribution in [-0.4, -0.2) is 27.8 Å². The van der Waals surface area contributed by atoms with E-state index in [0.29, 0.717) is 11.3 Å². The van der Waals surface area contributed by atoms with Crippen LogP contribution in [0, 0.1) is 6.92 Å². The number of carbonyl (C=O) groups excluding carboxylic acids is 2. The molecule has 2 amide bonds. The zero-order valence-corrected chi connectivity index (χ0v) is 20.6. The number of aromatic nitrogens is 2. The molecule has 2 aromatic carbocycles. The summed E-state index contributed by atoms with van der Waals surface area (Å²) in [5.74, 6) is -0.306. The number of para-hydroxylation sites is 1. The fourth-order valence-corrected chi connectivity index (χ4v) is 5.15. The molecule has 1 aliphatic rings. The second-order valence-electron chi connectivity index (χ2n) is 9.67. The van der Waals surface area contributed by atoms with Crippen LogP contribution in [-0.2, 0) is 16.0 Å². The maximum atomic E-state index is 14.1. The maximum absolute atomic E-state index is 14.1.